The SMILES string of the molecule is CC(C)CC(CN)(CC(C)C)N1CCN(CC2CC2)CC1. The summed E-state index contributed by atoms with van der Waals surface area (Å²) in [6, 6.07) is 0. The zero-order valence-electron chi connectivity index (χ0n) is 14.8. The van der Waals surface area contributed by atoms with Gasteiger partial charge in [0, 0.05) is 44.8 Å². The summed E-state index contributed by atoms with van der Waals surface area (Å²) in [7, 11) is 0. The van der Waals surface area contributed by atoms with E-state index in [-0.39, 0.29) is 5.54 Å². The normalized spacial score (nSPS) is 22.4. The van der Waals surface area contributed by atoms with E-state index in [2.05, 4.69) is 37.5 Å². The van der Waals surface area contributed by atoms with E-state index in [9.17, 15) is 0 Å². The monoisotopic (exact) mass is 295 g/mol. The molecular formula is C18H37N3. The molecule has 1 aliphatic heterocycles. The molecule has 0 aromatic heterocycles. The Labute approximate surface area is 132 Å². The molecule has 1 aliphatic carbocycles. The van der Waals surface area contributed by atoms with Crippen molar-refractivity contribution in [2.75, 3.05) is 39.3 Å². The molecule has 124 valence electrons. The predicted octanol–water partition coefficient (Wildman–Crippen LogP) is 2.80. The zero-order valence-corrected chi connectivity index (χ0v) is 14.8. The zero-order chi connectivity index (χ0) is 15.5. The van der Waals surface area contributed by atoms with Crippen molar-refractivity contribution >= 4 is 0 Å². The molecular weight excluding hydrogens is 258 g/mol. The molecule has 0 aromatic rings. The molecule has 1 saturated carbocycles. The Morgan fingerprint density at radius 2 is 1.48 bits per heavy atom. The van der Waals surface area contributed by atoms with E-state index in [1.54, 1.807) is 0 Å². The van der Waals surface area contributed by atoms with Gasteiger partial charge in [-0.25, -0.2) is 0 Å². The first-order valence-corrected chi connectivity index (χ1v) is 9.12. The molecule has 0 radical (unpaired) electrons. The Kier molecular flexibility index (Phi) is 6.10. The molecule has 3 heteroatoms. The maximum absolute atomic E-state index is 6.31. The van der Waals surface area contributed by atoms with Gasteiger partial charge in [-0.2, -0.15) is 0 Å². The second-order valence-electron chi connectivity index (χ2n) is 8.36. The molecule has 21 heavy (non-hydrogen) atoms. The van der Waals surface area contributed by atoms with Gasteiger partial charge in [0.2, 0.25) is 0 Å². The standard InChI is InChI=1S/C18H37N3/c1-15(2)11-18(14-19,12-16(3)4)21-9-7-20(8-10-21)13-17-5-6-17/h15-17H,5-14,19H2,1-4H3. The van der Waals surface area contributed by atoms with Crippen LogP contribution in [0.15, 0.2) is 0 Å². The van der Waals surface area contributed by atoms with Crippen LogP contribution in [-0.4, -0.2) is 54.6 Å². The topological polar surface area (TPSA) is 32.5 Å². The average Bonchev–Trinajstić information content (AvgIpc) is 3.21. The van der Waals surface area contributed by atoms with E-state index < -0.39 is 0 Å². The molecule has 2 N–H and O–H groups in total. The van der Waals surface area contributed by atoms with Crippen molar-refractivity contribution in [3.63, 3.8) is 0 Å². The molecule has 2 fully saturated rings. The highest BCUT2D eigenvalue weighted by atomic mass is 15.3. The second-order valence-corrected chi connectivity index (χ2v) is 8.36. The summed E-state index contributed by atoms with van der Waals surface area (Å²) in [6.45, 7) is 16.4. The Balaban J connectivity index is 1.95. The third-order valence-corrected chi connectivity index (χ3v) is 5.21. The minimum Gasteiger partial charge on any atom is -0.329 e. The van der Waals surface area contributed by atoms with Gasteiger partial charge >= 0.3 is 0 Å². The summed E-state index contributed by atoms with van der Waals surface area (Å²) >= 11 is 0. The van der Waals surface area contributed by atoms with Crippen LogP contribution in [0.4, 0.5) is 0 Å². The molecule has 0 atom stereocenters. The van der Waals surface area contributed by atoms with Gasteiger partial charge in [0.15, 0.2) is 0 Å². The summed E-state index contributed by atoms with van der Waals surface area (Å²) in [5.41, 5.74) is 6.54. The van der Waals surface area contributed by atoms with Crippen LogP contribution >= 0.6 is 0 Å². The summed E-state index contributed by atoms with van der Waals surface area (Å²) in [4.78, 5) is 5.41. The fraction of sp³-hybridized carbons (Fsp3) is 1.00. The Bertz CT molecular complexity index is 292. The quantitative estimate of drug-likeness (QED) is 0.747. The second kappa shape index (κ2) is 7.43. The first-order valence-electron chi connectivity index (χ1n) is 9.12. The van der Waals surface area contributed by atoms with Gasteiger partial charge in [0.05, 0.1) is 0 Å². The average molecular weight is 296 g/mol. The summed E-state index contributed by atoms with van der Waals surface area (Å²) < 4.78 is 0. The van der Waals surface area contributed by atoms with Gasteiger partial charge < -0.3 is 10.6 Å². The number of rotatable bonds is 8. The number of nitrogens with zero attached hydrogens (tertiary/aromatic N) is 2. The summed E-state index contributed by atoms with van der Waals surface area (Å²) in [5.74, 6) is 2.45. The van der Waals surface area contributed by atoms with Gasteiger partial charge in [0.25, 0.3) is 0 Å². The minimum absolute atomic E-state index is 0.230. The van der Waals surface area contributed by atoms with Crippen molar-refractivity contribution in [3.8, 4) is 0 Å². The fourth-order valence-electron chi connectivity index (χ4n) is 4.23. The molecule has 3 nitrogen and oxygen atoms in total. The molecule has 0 amide bonds. The number of nitrogens with two attached hydrogens (primary N) is 1. The van der Waals surface area contributed by atoms with Crippen LogP contribution in [0.3, 0.4) is 0 Å². The lowest BCUT2D eigenvalue weighted by Crippen LogP contribution is -2.61. The van der Waals surface area contributed by atoms with Crippen molar-refractivity contribution < 1.29 is 0 Å². The molecule has 0 spiro atoms. The maximum Gasteiger partial charge on any atom is 0.0337 e. The maximum atomic E-state index is 6.31. The van der Waals surface area contributed by atoms with Crippen molar-refractivity contribution in [2.45, 2.75) is 58.9 Å². The van der Waals surface area contributed by atoms with Gasteiger partial charge in [-0.05, 0) is 43.4 Å². The highest BCUT2D eigenvalue weighted by molar-refractivity contribution is 4.96. The lowest BCUT2D eigenvalue weighted by molar-refractivity contribution is 0.00936. The predicted molar refractivity (Wildman–Crippen MR) is 91.4 cm³/mol. The molecule has 0 unspecified atom stereocenters. The van der Waals surface area contributed by atoms with Crippen LogP contribution in [0.1, 0.15) is 53.4 Å². The Morgan fingerprint density at radius 1 is 0.952 bits per heavy atom. The van der Waals surface area contributed by atoms with Gasteiger partial charge in [-0.1, -0.05) is 27.7 Å². The molecule has 2 aliphatic rings. The number of hydrogen-bond donors (Lipinski definition) is 1. The van der Waals surface area contributed by atoms with Crippen LogP contribution in [-0.2, 0) is 0 Å². The van der Waals surface area contributed by atoms with Gasteiger partial charge in [0.1, 0.15) is 0 Å². The van der Waals surface area contributed by atoms with Crippen molar-refractivity contribution in [1.82, 2.24) is 9.80 Å². The molecule has 2 rings (SSSR count). The number of piperazine rings is 1. The minimum atomic E-state index is 0.230. The molecule has 1 heterocycles. The highest BCUT2D eigenvalue weighted by Gasteiger charge is 2.38. The summed E-state index contributed by atoms with van der Waals surface area (Å²) in [5, 5.41) is 0. The van der Waals surface area contributed by atoms with Gasteiger partial charge in [-0.15, -0.1) is 0 Å². The van der Waals surface area contributed by atoms with Crippen LogP contribution in [0, 0.1) is 17.8 Å². The fourth-order valence-corrected chi connectivity index (χ4v) is 4.23. The summed E-state index contributed by atoms with van der Waals surface area (Å²) in [6.07, 6.45) is 5.41. The molecule has 0 bridgehead atoms. The third-order valence-electron chi connectivity index (χ3n) is 5.21. The first kappa shape index (κ1) is 17.2. The Morgan fingerprint density at radius 3 is 1.86 bits per heavy atom. The van der Waals surface area contributed by atoms with Crippen molar-refractivity contribution in [2.24, 2.45) is 23.5 Å². The van der Waals surface area contributed by atoms with E-state index in [1.165, 1.54) is 58.4 Å². The van der Waals surface area contributed by atoms with Crippen LogP contribution < -0.4 is 5.73 Å². The van der Waals surface area contributed by atoms with E-state index in [0.29, 0.717) is 0 Å². The van der Waals surface area contributed by atoms with E-state index in [0.717, 1.165) is 24.3 Å². The van der Waals surface area contributed by atoms with Crippen LogP contribution in [0.5, 0.6) is 0 Å². The van der Waals surface area contributed by atoms with Crippen molar-refractivity contribution in [1.29, 1.82) is 0 Å². The van der Waals surface area contributed by atoms with Crippen LogP contribution in [0.25, 0.3) is 0 Å². The lowest BCUT2D eigenvalue weighted by atomic mass is 9.80. The lowest BCUT2D eigenvalue weighted by Gasteiger charge is -2.49. The van der Waals surface area contributed by atoms with Crippen LogP contribution in [0.2, 0.25) is 0 Å². The number of hydrogen-bond acceptors (Lipinski definition) is 3. The van der Waals surface area contributed by atoms with E-state index in [1.807, 2.05) is 0 Å². The molecule has 0 aromatic carbocycles. The van der Waals surface area contributed by atoms with E-state index in [4.69, 9.17) is 5.73 Å². The third kappa shape index (κ3) is 4.94. The largest absolute Gasteiger partial charge is 0.329 e. The van der Waals surface area contributed by atoms with Gasteiger partial charge in [-0.3, -0.25) is 4.90 Å². The highest BCUT2D eigenvalue weighted by Crippen LogP contribution is 2.33. The first-order chi connectivity index (χ1) is 9.95. The van der Waals surface area contributed by atoms with Crippen molar-refractivity contribution in [3.05, 3.63) is 0 Å². The smallest absolute Gasteiger partial charge is 0.0337 e. The molecule has 1 saturated heterocycles. The Hall–Kier alpha value is -0.120. The van der Waals surface area contributed by atoms with E-state index >= 15 is 0 Å².